The molecule has 0 spiro atoms. The Morgan fingerprint density at radius 2 is 2.15 bits per heavy atom. The van der Waals surface area contributed by atoms with Crippen LogP contribution in [0.3, 0.4) is 0 Å². The van der Waals surface area contributed by atoms with Crippen LogP contribution in [-0.4, -0.2) is 33.5 Å². The van der Waals surface area contributed by atoms with Crippen molar-refractivity contribution in [2.75, 3.05) is 23.5 Å². The Bertz CT molecular complexity index is 875. The van der Waals surface area contributed by atoms with Crippen LogP contribution in [0.5, 0.6) is 5.75 Å². The molecule has 8 heteroatoms. The van der Waals surface area contributed by atoms with E-state index in [0.29, 0.717) is 28.1 Å². The molecule has 2 N–H and O–H groups in total. The second-order valence-electron chi connectivity index (χ2n) is 6.60. The van der Waals surface area contributed by atoms with Gasteiger partial charge >= 0.3 is 0 Å². The van der Waals surface area contributed by atoms with Crippen LogP contribution in [0.15, 0.2) is 40.7 Å². The Morgan fingerprint density at radius 3 is 2.81 bits per heavy atom. The summed E-state index contributed by atoms with van der Waals surface area (Å²) in [5, 5.41) is 11.5. The molecule has 0 saturated heterocycles. The van der Waals surface area contributed by atoms with Crippen molar-refractivity contribution < 1.29 is 9.53 Å². The first kappa shape index (κ1) is 19.3. The summed E-state index contributed by atoms with van der Waals surface area (Å²) in [4.78, 5) is 17.7. The summed E-state index contributed by atoms with van der Waals surface area (Å²) in [5.41, 5.74) is 2.08. The average molecular weight is 388 g/mol. The van der Waals surface area contributed by atoms with Gasteiger partial charge in [-0.25, -0.2) is 4.68 Å². The number of benzene rings is 1. The Labute approximate surface area is 163 Å². The minimum Gasteiger partial charge on any atom is -0.495 e. The van der Waals surface area contributed by atoms with Crippen LogP contribution in [0.25, 0.3) is 0 Å². The second kappa shape index (κ2) is 8.04. The number of para-hydroxylation sites is 2. The molecule has 1 aromatic carbocycles. The molecule has 144 valence electrons. The topological polar surface area (TPSA) is 81.1 Å². The van der Waals surface area contributed by atoms with Gasteiger partial charge in [0.2, 0.25) is 11.1 Å². The average Bonchev–Trinajstić information content (AvgIpc) is 3.02. The molecule has 0 fully saturated rings. The molecular formula is C19H25N5O2S. The number of anilines is 2. The molecule has 0 saturated carbocycles. The largest absolute Gasteiger partial charge is 0.495 e. The summed E-state index contributed by atoms with van der Waals surface area (Å²) in [6.45, 7) is 8.13. The fourth-order valence-corrected chi connectivity index (χ4v) is 3.77. The molecule has 1 aliphatic rings. The summed E-state index contributed by atoms with van der Waals surface area (Å²) in [7, 11) is 1.59. The van der Waals surface area contributed by atoms with Gasteiger partial charge in [-0.15, -0.1) is 5.10 Å². The Kier molecular flexibility index (Phi) is 5.74. The van der Waals surface area contributed by atoms with Gasteiger partial charge in [-0.3, -0.25) is 4.79 Å². The summed E-state index contributed by atoms with van der Waals surface area (Å²) >= 11 is 1.58. The van der Waals surface area contributed by atoms with Gasteiger partial charge in [-0.2, -0.15) is 4.98 Å². The van der Waals surface area contributed by atoms with E-state index in [1.54, 1.807) is 18.9 Å². The highest BCUT2D eigenvalue weighted by Gasteiger charge is 2.35. The predicted octanol–water partition coefficient (Wildman–Crippen LogP) is 3.93. The lowest BCUT2D eigenvalue weighted by atomic mass is 9.92. The Morgan fingerprint density at radius 1 is 1.41 bits per heavy atom. The zero-order valence-electron chi connectivity index (χ0n) is 16.2. The van der Waals surface area contributed by atoms with E-state index in [4.69, 9.17) is 4.74 Å². The highest BCUT2D eigenvalue weighted by atomic mass is 32.2. The van der Waals surface area contributed by atoms with E-state index in [1.165, 1.54) is 0 Å². The first-order valence-electron chi connectivity index (χ1n) is 8.97. The van der Waals surface area contributed by atoms with E-state index >= 15 is 0 Å². The van der Waals surface area contributed by atoms with Gasteiger partial charge in [0.05, 0.1) is 24.4 Å². The minimum atomic E-state index is -0.199. The van der Waals surface area contributed by atoms with Crippen molar-refractivity contribution in [2.45, 2.75) is 38.9 Å². The third kappa shape index (κ3) is 3.80. The van der Waals surface area contributed by atoms with Crippen molar-refractivity contribution in [1.29, 1.82) is 0 Å². The summed E-state index contributed by atoms with van der Waals surface area (Å²) in [6.07, 6.45) is 0. The van der Waals surface area contributed by atoms with Crippen LogP contribution in [-0.2, 0) is 4.79 Å². The Balaban J connectivity index is 1.95. The lowest BCUT2D eigenvalue weighted by Gasteiger charge is -2.30. The number of carbonyl (C=O) groups excluding carboxylic acids is 1. The minimum absolute atomic E-state index is 0.167. The van der Waals surface area contributed by atoms with Gasteiger partial charge in [0, 0.05) is 5.70 Å². The first-order chi connectivity index (χ1) is 13.0. The van der Waals surface area contributed by atoms with E-state index in [2.05, 4.69) is 41.5 Å². The standard InChI is InChI=1S/C19H25N5O2S/c1-6-27-19-22-18-20-12(4)15(16(11(2)3)24(18)23-19)17(25)21-13-9-7-8-10-14(13)26-5/h7-11,16H,6H2,1-5H3,(H,21,25)(H,20,22,23)/t16-/m1/s1. The number of rotatable bonds is 6. The fourth-order valence-electron chi connectivity index (χ4n) is 3.21. The quantitative estimate of drug-likeness (QED) is 0.731. The number of fused-ring (bicyclic) bond motifs is 1. The molecule has 3 rings (SSSR count). The maximum absolute atomic E-state index is 13.2. The molecule has 2 heterocycles. The van der Waals surface area contributed by atoms with E-state index in [1.807, 2.05) is 35.9 Å². The van der Waals surface area contributed by atoms with Crippen LogP contribution < -0.4 is 15.4 Å². The number of nitrogens with one attached hydrogen (secondary N) is 2. The number of allylic oxidation sites excluding steroid dienone is 1. The molecule has 1 amide bonds. The predicted molar refractivity (Wildman–Crippen MR) is 108 cm³/mol. The van der Waals surface area contributed by atoms with Crippen molar-refractivity contribution in [2.24, 2.45) is 5.92 Å². The molecule has 27 heavy (non-hydrogen) atoms. The number of aromatic nitrogens is 3. The number of thioether (sulfide) groups is 1. The molecule has 1 atom stereocenters. The summed E-state index contributed by atoms with van der Waals surface area (Å²) < 4.78 is 7.17. The monoisotopic (exact) mass is 387 g/mol. The van der Waals surface area contributed by atoms with Crippen LogP contribution in [0.1, 0.15) is 33.7 Å². The number of amides is 1. The van der Waals surface area contributed by atoms with Gasteiger partial charge in [-0.1, -0.05) is 44.7 Å². The molecule has 7 nitrogen and oxygen atoms in total. The number of methoxy groups -OCH3 is 1. The molecular weight excluding hydrogens is 362 g/mol. The summed E-state index contributed by atoms with van der Waals surface area (Å²) in [5.74, 6) is 2.19. The van der Waals surface area contributed by atoms with E-state index in [9.17, 15) is 4.79 Å². The molecule has 0 radical (unpaired) electrons. The molecule has 0 aliphatic carbocycles. The van der Waals surface area contributed by atoms with Crippen LogP contribution in [0, 0.1) is 5.92 Å². The third-order valence-electron chi connectivity index (χ3n) is 4.38. The van der Waals surface area contributed by atoms with Crippen LogP contribution >= 0.6 is 11.8 Å². The number of nitrogens with zero attached hydrogens (tertiary/aromatic N) is 3. The van der Waals surface area contributed by atoms with Gasteiger partial charge < -0.3 is 15.4 Å². The number of ether oxygens (including phenoxy) is 1. The SMILES string of the molecule is CCSc1nc2n(n1)[C@H](C(C)C)C(C(=O)Nc1ccccc1OC)=C(C)N2. The van der Waals surface area contributed by atoms with Crippen LogP contribution in [0.4, 0.5) is 11.6 Å². The number of hydrogen-bond acceptors (Lipinski definition) is 6. The van der Waals surface area contributed by atoms with Crippen molar-refractivity contribution >= 4 is 29.3 Å². The van der Waals surface area contributed by atoms with Gasteiger partial charge in [0.25, 0.3) is 5.91 Å². The van der Waals surface area contributed by atoms with Crippen molar-refractivity contribution in [3.63, 3.8) is 0 Å². The molecule has 1 aromatic heterocycles. The number of hydrogen-bond donors (Lipinski definition) is 2. The zero-order chi connectivity index (χ0) is 19.6. The normalized spacial score (nSPS) is 16.1. The van der Waals surface area contributed by atoms with Gasteiger partial charge in [-0.05, 0) is 30.7 Å². The van der Waals surface area contributed by atoms with Crippen LogP contribution in [0.2, 0.25) is 0 Å². The second-order valence-corrected chi connectivity index (χ2v) is 7.83. The zero-order valence-corrected chi connectivity index (χ0v) is 17.1. The highest BCUT2D eigenvalue weighted by molar-refractivity contribution is 7.99. The fraction of sp³-hybridized carbons (Fsp3) is 0.421. The highest BCUT2D eigenvalue weighted by Crippen LogP contribution is 2.37. The molecule has 0 unspecified atom stereocenters. The molecule has 2 aromatic rings. The first-order valence-corrected chi connectivity index (χ1v) is 9.96. The summed E-state index contributed by atoms with van der Waals surface area (Å²) in [6, 6.07) is 7.17. The van der Waals surface area contributed by atoms with E-state index < -0.39 is 0 Å². The maximum atomic E-state index is 13.2. The molecule has 1 aliphatic heterocycles. The Hall–Kier alpha value is -2.48. The van der Waals surface area contributed by atoms with Gasteiger partial charge in [0.15, 0.2) is 0 Å². The van der Waals surface area contributed by atoms with E-state index in [-0.39, 0.29) is 17.9 Å². The third-order valence-corrected chi connectivity index (χ3v) is 5.10. The maximum Gasteiger partial charge on any atom is 0.255 e. The lowest BCUT2D eigenvalue weighted by Crippen LogP contribution is -2.33. The lowest BCUT2D eigenvalue weighted by molar-refractivity contribution is -0.113. The smallest absolute Gasteiger partial charge is 0.255 e. The van der Waals surface area contributed by atoms with Crippen molar-refractivity contribution in [3.8, 4) is 5.75 Å². The van der Waals surface area contributed by atoms with Crippen molar-refractivity contribution in [1.82, 2.24) is 14.8 Å². The molecule has 0 bridgehead atoms. The van der Waals surface area contributed by atoms with Crippen molar-refractivity contribution in [3.05, 3.63) is 35.5 Å². The van der Waals surface area contributed by atoms with Gasteiger partial charge in [0.1, 0.15) is 5.75 Å². The van der Waals surface area contributed by atoms with E-state index in [0.717, 1.165) is 11.4 Å². The number of carbonyl (C=O) groups is 1.